The van der Waals surface area contributed by atoms with Crippen molar-refractivity contribution >= 4 is 17.4 Å². The van der Waals surface area contributed by atoms with Gasteiger partial charge in [0, 0.05) is 23.9 Å². The number of aryl methyl sites for hydroxylation is 2. The zero-order valence-electron chi connectivity index (χ0n) is 10.3. The van der Waals surface area contributed by atoms with Crippen molar-refractivity contribution in [3.63, 3.8) is 0 Å². The fourth-order valence-corrected chi connectivity index (χ4v) is 2.18. The molecular formula is C11H19N3OS. The minimum absolute atomic E-state index is 0.111. The molecule has 4 nitrogen and oxygen atoms in total. The van der Waals surface area contributed by atoms with Gasteiger partial charge in [-0.3, -0.25) is 0 Å². The molecule has 0 spiro atoms. The third-order valence-corrected chi connectivity index (χ3v) is 3.25. The van der Waals surface area contributed by atoms with E-state index in [0.29, 0.717) is 6.54 Å². The minimum atomic E-state index is -0.111. The van der Waals surface area contributed by atoms with Gasteiger partial charge in [-0.25, -0.2) is 9.78 Å². The Balaban J connectivity index is 2.28. The highest BCUT2D eigenvalue weighted by molar-refractivity contribution is 7.11. The number of thiazole rings is 1. The fourth-order valence-electron chi connectivity index (χ4n) is 1.24. The van der Waals surface area contributed by atoms with Crippen LogP contribution in [0, 0.1) is 13.8 Å². The summed E-state index contributed by atoms with van der Waals surface area (Å²) in [4.78, 5) is 16.9. The van der Waals surface area contributed by atoms with Crippen molar-refractivity contribution in [3.05, 3.63) is 15.6 Å². The number of aromatic nitrogens is 1. The molecule has 0 saturated carbocycles. The molecule has 0 saturated heterocycles. The molecule has 0 aliphatic heterocycles. The summed E-state index contributed by atoms with van der Waals surface area (Å²) in [5, 5.41) is 6.67. The van der Waals surface area contributed by atoms with Gasteiger partial charge in [0.1, 0.15) is 0 Å². The lowest BCUT2D eigenvalue weighted by Gasteiger charge is -2.09. The third-order valence-electron chi connectivity index (χ3n) is 2.12. The quantitative estimate of drug-likeness (QED) is 0.847. The largest absolute Gasteiger partial charge is 0.338 e. The highest BCUT2D eigenvalue weighted by Crippen LogP contribution is 2.16. The van der Waals surface area contributed by atoms with Gasteiger partial charge >= 0.3 is 6.03 Å². The normalized spacial score (nSPS) is 10.6. The first-order valence-electron chi connectivity index (χ1n) is 5.46. The van der Waals surface area contributed by atoms with Gasteiger partial charge in [0.05, 0.1) is 10.7 Å². The molecule has 5 heteroatoms. The summed E-state index contributed by atoms with van der Waals surface area (Å²) in [6.07, 6.45) is 0.796. The van der Waals surface area contributed by atoms with Crippen LogP contribution >= 0.6 is 11.3 Å². The Hall–Kier alpha value is -1.10. The van der Waals surface area contributed by atoms with E-state index in [1.165, 1.54) is 4.88 Å². The van der Waals surface area contributed by atoms with Crippen molar-refractivity contribution in [1.29, 1.82) is 0 Å². The number of nitrogens with one attached hydrogen (secondary N) is 2. The van der Waals surface area contributed by atoms with Gasteiger partial charge in [-0.15, -0.1) is 11.3 Å². The van der Waals surface area contributed by atoms with Crippen LogP contribution in [0.4, 0.5) is 4.79 Å². The Morgan fingerprint density at radius 1 is 1.44 bits per heavy atom. The summed E-state index contributed by atoms with van der Waals surface area (Å²) in [6.45, 7) is 8.58. The summed E-state index contributed by atoms with van der Waals surface area (Å²) in [6, 6.07) is 0.0596. The molecule has 90 valence electrons. The highest BCUT2D eigenvalue weighted by atomic mass is 32.1. The number of rotatable bonds is 4. The van der Waals surface area contributed by atoms with Gasteiger partial charge in [-0.05, 0) is 27.7 Å². The maximum absolute atomic E-state index is 11.3. The van der Waals surface area contributed by atoms with E-state index in [0.717, 1.165) is 17.1 Å². The van der Waals surface area contributed by atoms with Gasteiger partial charge in [0.15, 0.2) is 0 Å². The van der Waals surface area contributed by atoms with Crippen LogP contribution in [0.3, 0.4) is 0 Å². The fraction of sp³-hybridized carbons (Fsp3) is 0.636. The smallest absolute Gasteiger partial charge is 0.314 e. The highest BCUT2D eigenvalue weighted by Gasteiger charge is 2.05. The predicted molar refractivity (Wildman–Crippen MR) is 67.0 cm³/mol. The number of hydrogen-bond acceptors (Lipinski definition) is 3. The lowest BCUT2D eigenvalue weighted by molar-refractivity contribution is 0.238. The molecule has 0 aromatic carbocycles. The van der Waals surface area contributed by atoms with Gasteiger partial charge in [0.25, 0.3) is 0 Å². The first kappa shape index (κ1) is 13.0. The van der Waals surface area contributed by atoms with Crippen molar-refractivity contribution in [2.45, 2.75) is 40.2 Å². The molecule has 0 radical (unpaired) electrons. The average molecular weight is 241 g/mol. The van der Waals surface area contributed by atoms with Crippen LogP contribution in [0.5, 0.6) is 0 Å². The molecule has 1 heterocycles. The summed E-state index contributed by atoms with van der Waals surface area (Å²) in [5.41, 5.74) is 1.09. The Labute approximate surface area is 100 Å². The Morgan fingerprint density at radius 2 is 2.12 bits per heavy atom. The van der Waals surface area contributed by atoms with Crippen molar-refractivity contribution in [3.8, 4) is 0 Å². The number of hydrogen-bond donors (Lipinski definition) is 2. The maximum Gasteiger partial charge on any atom is 0.314 e. The molecule has 1 aromatic rings. The molecule has 0 bridgehead atoms. The molecule has 1 aromatic heterocycles. The van der Waals surface area contributed by atoms with Gasteiger partial charge in [-0.1, -0.05) is 0 Å². The third kappa shape index (κ3) is 4.18. The van der Waals surface area contributed by atoms with E-state index >= 15 is 0 Å². The van der Waals surface area contributed by atoms with Crippen LogP contribution in [0.1, 0.15) is 29.4 Å². The van der Waals surface area contributed by atoms with Gasteiger partial charge < -0.3 is 10.6 Å². The number of amides is 2. The number of urea groups is 1. The molecule has 0 aliphatic carbocycles. The summed E-state index contributed by atoms with van der Waals surface area (Å²) in [7, 11) is 0. The first-order valence-corrected chi connectivity index (χ1v) is 6.28. The standard InChI is InChI=1S/C11H19N3OS/c1-7(2)13-11(15)12-6-5-10-14-8(3)9(4)16-10/h7H,5-6H2,1-4H3,(H2,12,13,15). The van der Waals surface area contributed by atoms with Crippen molar-refractivity contribution in [2.75, 3.05) is 6.54 Å². The van der Waals surface area contributed by atoms with E-state index in [4.69, 9.17) is 0 Å². The molecule has 2 N–H and O–H groups in total. The molecule has 0 aliphatic rings. The first-order chi connectivity index (χ1) is 7.49. The molecule has 0 unspecified atom stereocenters. The van der Waals surface area contributed by atoms with Crippen LogP contribution in [-0.4, -0.2) is 23.6 Å². The number of carbonyl (C=O) groups is 1. The van der Waals surface area contributed by atoms with Crippen LogP contribution < -0.4 is 10.6 Å². The SMILES string of the molecule is Cc1nc(CCNC(=O)NC(C)C)sc1C. The van der Waals surface area contributed by atoms with Gasteiger partial charge in [-0.2, -0.15) is 0 Å². The minimum Gasteiger partial charge on any atom is -0.338 e. The van der Waals surface area contributed by atoms with E-state index in [1.807, 2.05) is 20.8 Å². The molecule has 2 amide bonds. The zero-order valence-corrected chi connectivity index (χ0v) is 11.1. The van der Waals surface area contributed by atoms with Crippen LogP contribution in [-0.2, 0) is 6.42 Å². The van der Waals surface area contributed by atoms with Gasteiger partial charge in [0.2, 0.25) is 0 Å². The molecule has 16 heavy (non-hydrogen) atoms. The molecule has 0 atom stereocenters. The number of nitrogens with zero attached hydrogens (tertiary/aromatic N) is 1. The van der Waals surface area contributed by atoms with Crippen molar-refractivity contribution in [2.24, 2.45) is 0 Å². The van der Waals surface area contributed by atoms with Crippen LogP contribution in [0.15, 0.2) is 0 Å². The second-order valence-electron chi connectivity index (χ2n) is 4.05. The predicted octanol–water partition coefficient (Wildman–Crippen LogP) is 2.01. The lowest BCUT2D eigenvalue weighted by atomic mass is 10.4. The van der Waals surface area contributed by atoms with Crippen molar-refractivity contribution < 1.29 is 4.79 Å². The van der Waals surface area contributed by atoms with E-state index in [1.54, 1.807) is 11.3 Å². The zero-order chi connectivity index (χ0) is 12.1. The summed E-state index contributed by atoms with van der Waals surface area (Å²) in [5.74, 6) is 0. The van der Waals surface area contributed by atoms with E-state index < -0.39 is 0 Å². The lowest BCUT2D eigenvalue weighted by Crippen LogP contribution is -2.40. The Kier molecular flexibility index (Phi) is 4.73. The molecular weight excluding hydrogens is 222 g/mol. The Bertz CT molecular complexity index is 341. The summed E-state index contributed by atoms with van der Waals surface area (Å²) >= 11 is 1.70. The number of carbonyl (C=O) groups excluding carboxylic acids is 1. The molecule has 0 fully saturated rings. The van der Waals surface area contributed by atoms with E-state index in [9.17, 15) is 4.79 Å². The van der Waals surface area contributed by atoms with Crippen molar-refractivity contribution in [1.82, 2.24) is 15.6 Å². The van der Waals surface area contributed by atoms with Crippen LogP contribution in [0.25, 0.3) is 0 Å². The average Bonchev–Trinajstić information content (AvgIpc) is 2.44. The van der Waals surface area contributed by atoms with E-state index in [2.05, 4.69) is 22.5 Å². The monoisotopic (exact) mass is 241 g/mol. The van der Waals surface area contributed by atoms with E-state index in [-0.39, 0.29) is 12.1 Å². The molecule has 1 rings (SSSR count). The van der Waals surface area contributed by atoms with Crippen LogP contribution in [0.2, 0.25) is 0 Å². The topological polar surface area (TPSA) is 54.0 Å². The maximum atomic E-state index is 11.3. The second kappa shape index (κ2) is 5.84. The summed E-state index contributed by atoms with van der Waals surface area (Å²) < 4.78 is 0. The Morgan fingerprint density at radius 3 is 2.62 bits per heavy atom. The second-order valence-corrected chi connectivity index (χ2v) is 5.34.